The van der Waals surface area contributed by atoms with Crippen LogP contribution in [0.1, 0.15) is 20.1 Å². The Morgan fingerprint density at radius 2 is 2.15 bits per heavy atom. The van der Waals surface area contributed by atoms with Crippen molar-refractivity contribution in [1.82, 2.24) is 0 Å². The highest BCUT2D eigenvalue weighted by Gasteiger charge is 2.13. The SMILES string of the molecule is COc1ccc(COC(=O)c2cc(N)c(C)s2)cc1F. The van der Waals surface area contributed by atoms with Gasteiger partial charge < -0.3 is 15.2 Å². The molecule has 0 aliphatic heterocycles. The largest absolute Gasteiger partial charge is 0.494 e. The summed E-state index contributed by atoms with van der Waals surface area (Å²) in [6, 6.07) is 5.99. The first-order valence-corrected chi connectivity index (χ1v) is 6.68. The third-order valence-corrected chi connectivity index (χ3v) is 3.79. The molecule has 2 aromatic rings. The topological polar surface area (TPSA) is 61.5 Å². The van der Waals surface area contributed by atoms with Crippen LogP contribution in [0.3, 0.4) is 0 Å². The van der Waals surface area contributed by atoms with Crippen molar-refractivity contribution in [2.24, 2.45) is 0 Å². The molecule has 0 atom stereocenters. The minimum absolute atomic E-state index is 0.00337. The summed E-state index contributed by atoms with van der Waals surface area (Å²) in [4.78, 5) is 13.1. The molecule has 0 saturated heterocycles. The molecule has 0 aliphatic rings. The lowest BCUT2D eigenvalue weighted by Gasteiger charge is -2.06. The Kier molecular flexibility index (Phi) is 4.24. The summed E-state index contributed by atoms with van der Waals surface area (Å²) >= 11 is 1.27. The van der Waals surface area contributed by atoms with Gasteiger partial charge in [0.2, 0.25) is 0 Å². The van der Waals surface area contributed by atoms with E-state index in [1.807, 2.05) is 6.92 Å². The second-order valence-electron chi connectivity index (χ2n) is 4.17. The summed E-state index contributed by atoms with van der Waals surface area (Å²) < 4.78 is 23.4. The number of rotatable bonds is 4. The second kappa shape index (κ2) is 5.92. The number of nitrogens with two attached hydrogens (primary N) is 1. The maximum Gasteiger partial charge on any atom is 0.348 e. The highest BCUT2D eigenvalue weighted by Crippen LogP contribution is 2.24. The van der Waals surface area contributed by atoms with Crippen molar-refractivity contribution in [1.29, 1.82) is 0 Å². The van der Waals surface area contributed by atoms with Crippen molar-refractivity contribution in [3.63, 3.8) is 0 Å². The van der Waals surface area contributed by atoms with Gasteiger partial charge in [-0.05, 0) is 30.7 Å². The lowest BCUT2D eigenvalue weighted by atomic mass is 10.2. The number of thiophene rings is 1. The van der Waals surface area contributed by atoms with Gasteiger partial charge in [-0.25, -0.2) is 9.18 Å². The molecule has 0 radical (unpaired) electrons. The molecule has 0 aliphatic carbocycles. The number of esters is 1. The van der Waals surface area contributed by atoms with Gasteiger partial charge in [-0.2, -0.15) is 0 Å². The molecule has 6 heteroatoms. The molecule has 0 saturated carbocycles. The van der Waals surface area contributed by atoms with Gasteiger partial charge in [0.25, 0.3) is 0 Å². The molecular formula is C14H14FNO3S. The van der Waals surface area contributed by atoms with Crippen molar-refractivity contribution in [3.8, 4) is 5.75 Å². The van der Waals surface area contributed by atoms with Crippen LogP contribution in [0.25, 0.3) is 0 Å². The number of methoxy groups -OCH3 is 1. The number of anilines is 1. The van der Waals surface area contributed by atoms with Gasteiger partial charge in [-0.3, -0.25) is 0 Å². The summed E-state index contributed by atoms with van der Waals surface area (Å²) in [5.41, 5.74) is 6.80. The maximum absolute atomic E-state index is 13.5. The molecule has 0 amide bonds. The van der Waals surface area contributed by atoms with E-state index in [2.05, 4.69) is 0 Å². The van der Waals surface area contributed by atoms with E-state index < -0.39 is 11.8 Å². The van der Waals surface area contributed by atoms with Crippen molar-refractivity contribution in [3.05, 3.63) is 45.4 Å². The van der Waals surface area contributed by atoms with Gasteiger partial charge in [0.05, 0.1) is 7.11 Å². The van der Waals surface area contributed by atoms with Gasteiger partial charge >= 0.3 is 5.97 Å². The number of nitrogen functional groups attached to an aromatic ring is 1. The minimum atomic E-state index is -0.489. The first-order valence-electron chi connectivity index (χ1n) is 5.86. The Hall–Kier alpha value is -2.08. The molecule has 0 spiro atoms. The van der Waals surface area contributed by atoms with Crippen molar-refractivity contribution >= 4 is 23.0 Å². The summed E-state index contributed by atoms with van der Waals surface area (Å²) in [7, 11) is 1.39. The van der Waals surface area contributed by atoms with Crippen molar-refractivity contribution < 1.29 is 18.7 Å². The van der Waals surface area contributed by atoms with E-state index in [0.717, 1.165) is 4.88 Å². The summed E-state index contributed by atoms with van der Waals surface area (Å²) in [5, 5.41) is 0. The molecule has 20 heavy (non-hydrogen) atoms. The van der Waals surface area contributed by atoms with Crippen LogP contribution in [0.2, 0.25) is 0 Å². The van der Waals surface area contributed by atoms with E-state index in [1.54, 1.807) is 12.1 Å². The number of hydrogen-bond donors (Lipinski definition) is 1. The second-order valence-corrected chi connectivity index (χ2v) is 5.42. The quantitative estimate of drug-likeness (QED) is 0.880. The van der Waals surface area contributed by atoms with E-state index in [0.29, 0.717) is 16.1 Å². The van der Waals surface area contributed by atoms with Crippen LogP contribution in [0.15, 0.2) is 24.3 Å². The zero-order valence-electron chi connectivity index (χ0n) is 11.1. The fourth-order valence-corrected chi connectivity index (χ4v) is 2.45. The molecule has 1 aromatic carbocycles. The number of halogens is 1. The number of aryl methyl sites for hydroxylation is 1. The van der Waals surface area contributed by atoms with Gasteiger partial charge in [0, 0.05) is 10.6 Å². The molecule has 0 fully saturated rings. The lowest BCUT2D eigenvalue weighted by molar-refractivity contribution is 0.0478. The fraction of sp³-hybridized carbons (Fsp3) is 0.214. The molecule has 106 valence electrons. The zero-order chi connectivity index (χ0) is 14.7. The number of hydrogen-bond acceptors (Lipinski definition) is 5. The Morgan fingerprint density at radius 1 is 1.40 bits per heavy atom. The normalized spacial score (nSPS) is 10.3. The number of ether oxygens (including phenoxy) is 2. The van der Waals surface area contributed by atoms with Gasteiger partial charge in [0.1, 0.15) is 11.5 Å². The fourth-order valence-electron chi connectivity index (χ4n) is 1.62. The monoisotopic (exact) mass is 295 g/mol. The van der Waals surface area contributed by atoms with Crippen LogP contribution in [0.5, 0.6) is 5.75 Å². The van der Waals surface area contributed by atoms with Gasteiger partial charge in [-0.1, -0.05) is 6.07 Å². The van der Waals surface area contributed by atoms with E-state index in [-0.39, 0.29) is 12.4 Å². The van der Waals surface area contributed by atoms with Crippen LogP contribution in [-0.2, 0) is 11.3 Å². The predicted molar refractivity (Wildman–Crippen MR) is 75.5 cm³/mol. The van der Waals surface area contributed by atoms with E-state index in [9.17, 15) is 9.18 Å². The molecule has 1 aromatic heterocycles. The molecule has 2 rings (SSSR count). The predicted octanol–water partition coefficient (Wildman–Crippen LogP) is 3.14. The summed E-state index contributed by atoms with van der Waals surface area (Å²) in [6.45, 7) is 1.83. The molecule has 1 heterocycles. The highest BCUT2D eigenvalue weighted by molar-refractivity contribution is 7.14. The number of benzene rings is 1. The molecule has 0 bridgehead atoms. The van der Waals surface area contributed by atoms with Crippen LogP contribution < -0.4 is 10.5 Å². The van der Waals surface area contributed by atoms with Crippen LogP contribution in [-0.4, -0.2) is 13.1 Å². The van der Waals surface area contributed by atoms with Crippen molar-refractivity contribution in [2.75, 3.05) is 12.8 Å². The zero-order valence-corrected chi connectivity index (χ0v) is 11.9. The van der Waals surface area contributed by atoms with Crippen molar-refractivity contribution in [2.45, 2.75) is 13.5 Å². The molecule has 4 nitrogen and oxygen atoms in total. The molecule has 0 unspecified atom stereocenters. The Balaban J connectivity index is 2.01. The molecular weight excluding hydrogens is 281 g/mol. The average Bonchev–Trinajstić information content (AvgIpc) is 2.76. The minimum Gasteiger partial charge on any atom is -0.494 e. The summed E-state index contributed by atoms with van der Waals surface area (Å²) in [5.74, 6) is -0.801. The average molecular weight is 295 g/mol. The Labute approximate surface area is 119 Å². The summed E-state index contributed by atoms with van der Waals surface area (Å²) in [6.07, 6.45) is 0. The smallest absolute Gasteiger partial charge is 0.348 e. The molecule has 2 N–H and O–H groups in total. The maximum atomic E-state index is 13.5. The van der Waals surface area contributed by atoms with E-state index in [1.165, 1.54) is 30.6 Å². The first-order chi connectivity index (χ1) is 9.51. The highest BCUT2D eigenvalue weighted by atomic mass is 32.1. The third-order valence-electron chi connectivity index (χ3n) is 2.74. The Morgan fingerprint density at radius 3 is 2.70 bits per heavy atom. The van der Waals surface area contributed by atoms with Gasteiger partial charge in [-0.15, -0.1) is 11.3 Å². The van der Waals surface area contributed by atoms with E-state index in [4.69, 9.17) is 15.2 Å². The number of carbonyl (C=O) groups excluding carboxylic acids is 1. The third kappa shape index (κ3) is 3.08. The van der Waals surface area contributed by atoms with E-state index >= 15 is 0 Å². The van der Waals surface area contributed by atoms with Crippen LogP contribution in [0, 0.1) is 12.7 Å². The first kappa shape index (κ1) is 14.3. The number of carbonyl (C=O) groups is 1. The Bertz CT molecular complexity index is 620. The van der Waals surface area contributed by atoms with Crippen LogP contribution >= 0.6 is 11.3 Å². The standard InChI is InChI=1S/C14H14FNO3S/c1-8-11(16)6-13(20-8)14(17)19-7-9-3-4-12(18-2)10(15)5-9/h3-6H,7,16H2,1-2H3. The van der Waals surface area contributed by atoms with Gasteiger partial charge in [0.15, 0.2) is 11.6 Å². The van der Waals surface area contributed by atoms with Crippen LogP contribution in [0.4, 0.5) is 10.1 Å². The lowest BCUT2D eigenvalue weighted by Crippen LogP contribution is -2.03.